The summed E-state index contributed by atoms with van der Waals surface area (Å²) in [7, 11) is 0. The van der Waals surface area contributed by atoms with Crippen LogP contribution < -0.4 is 9.64 Å². The van der Waals surface area contributed by atoms with Gasteiger partial charge in [-0.05, 0) is 18.1 Å². The van der Waals surface area contributed by atoms with Crippen molar-refractivity contribution in [2.45, 2.75) is 18.9 Å². The lowest BCUT2D eigenvalue weighted by Crippen LogP contribution is -2.43. The van der Waals surface area contributed by atoms with Gasteiger partial charge in [-0.2, -0.15) is 0 Å². The molecule has 0 spiro atoms. The van der Waals surface area contributed by atoms with Crippen molar-refractivity contribution in [1.82, 2.24) is 9.88 Å². The van der Waals surface area contributed by atoms with Crippen molar-refractivity contribution in [3.05, 3.63) is 41.4 Å². The molecule has 1 saturated heterocycles. The number of hydrogen-bond acceptors (Lipinski definition) is 5. The molecule has 0 aliphatic carbocycles. The van der Waals surface area contributed by atoms with Gasteiger partial charge in [0.15, 0.2) is 11.2 Å². The number of carbonyl (C=O) groups is 1. The molecule has 0 bridgehead atoms. The van der Waals surface area contributed by atoms with E-state index in [1.165, 1.54) is 0 Å². The van der Waals surface area contributed by atoms with Crippen LogP contribution in [0.25, 0.3) is 0 Å². The van der Waals surface area contributed by atoms with E-state index in [1.807, 2.05) is 40.7 Å². The predicted molar refractivity (Wildman–Crippen MR) is 90.1 cm³/mol. The topological polar surface area (TPSA) is 45.7 Å². The number of fused-ring (bicyclic) bond motifs is 1. The first kappa shape index (κ1) is 14.5. The van der Waals surface area contributed by atoms with E-state index in [4.69, 9.17) is 4.74 Å². The van der Waals surface area contributed by atoms with Crippen molar-refractivity contribution in [2.75, 3.05) is 31.1 Å². The number of para-hydroxylation sites is 1. The Morgan fingerprint density at radius 1 is 1.22 bits per heavy atom. The molecule has 0 N–H and O–H groups in total. The van der Waals surface area contributed by atoms with Crippen LogP contribution in [0.4, 0.5) is 5.13 Å². The molecule has 5 nitrogen and oxygen atoms in total. The largest absolute Gasteiger partial charge is 0.480 e. The monoisotopic (exact) mass is 329 g/mol. The maximum absolute atomic E-state index is 12.8. The molecule has 1 amide bonds. The second-order valence-electron chi connectivity index (χ2n) is 5.90. The summed E-state index contributed by atoms with van der Waals surface area (Å²) in [6.45, 7) is 3.30. The van der Waals surface area contributed by atoms with Crippen LogP contribution in [-0.4, -0.2) is 48.1 Å². The normalized spacial score (nSPS) is 20.8. The van der Waals surface area contributed by atoms with Gasteiger partial charge in [0.1, 0.15) is 5.75 Å². The molecule has 1 atom stereocenters. The zero-order valence-electron chi connectivity index (χ0n) is 12.9. The van der Waals surface area contributed by atoms with E-state index in [0.29, 0.717) is 6.42 Å². The van der Waals surface area contributed by atoms with Crippen LogP contribution in [0, 0.1) is 0 Å². The Balaban J connectivity index is 1.40. The van der Waals surface area contributed by atoms with Crippen molar-refractivity contribution >= 4 is 22.4 Å². The fourth-order valence-electron chi connectivity index (χ4n) is 3.22. The lowest BCUT2D eigenvalue weighted by atomic mass is 10.1. The summed E-state index contributed by atoms with van der Waals surface area (Å²) in [6, 6.07) is 7.92. The van der Waals surface area contributed by atoms with E-state index >= 15 is 0 Å². The molecule has 120 valence electrons. The number of anilines is 1. The number of hydrogen-bond donors (Lipinski definition) is 0. The van der Waals surface area contributed by atoms with Crippen molar-refractivity contribution in [3.8, 4) is 5.75 Å². The number of amides is 1. The summed E-state index contributed by atoms with van der Waals surface area (Å²) in [5.74, 6) is 0.965. The maximum Gasteiger partial charge on any atom is 0.264 e. The lowest BCUT2D eigenvalue weighted by molar-refractivity contribution is -0.137. The van der Waals surface area contributed by atoms with E-state index in [2.05, 4.69) is 9.88 Å². The number of ether oxygens (including phenoxy) is 1. The molecule has 2 aromatic rings. The Labute approximate surface area is 139 Å². The predicted octanol–water partition coefficient (Wildman–Crippen LogP) is 2.19. The summed E-state index contributed by atoms with van der Waals surface area (Å²) in [4.78, 5) is 21.4. The van der Waals surface area contributed by atoms with Gasteiger partial charge in [-0.3, -0.25) is 4.79 Å². The number of aromatic nitrogens is 1. The van der Waals surface area contributed by atoms with Crippen molar-refractivity contribution in [3.63, 3.8) is 0 Å². The van der Waals surface area contributed by atoms with Crippen molar-refractivity contribution < 1.29 is 9.53 Å². The molecule has 4 rings (SSSR count). The molecule has 0 saturated carbocycles. The molecule has 6 heteroatoms. The van der Waals surface area contributed by atoms with E-state index in [-0.39, 0.29) is 12.0 Å². The van der Waals surface area contributed by atoms with Gasteiger partial charge >= 0.3 is 0 Å². The van der Waals surface area contributed by atoms with Crippen LogP contribution in [-0.2, 0) is 11.2 Å². The highest BCUT2D eigenvalue weighted by molar-refractivity contribution is 7.13. The van der Waals surface area contributed by atoms with Gasteiger partial charge in [-0.1, -0.05) is 18.2 Å². The van der Waals surface area contributed by atoms with Crippen LogP contribution in [0.1, 0.15) is 12.0 Å². The smallest absolute Gasteiger partial charge is 0.264 e. The van der Waals surface area contributed by atoms with Gasteiger partial charge in [-0.25, -0.2) is 4.98 Å². The molecule has 23 heavy (non-hydrogen) atoms. The minimum Gasteiger partial charge on any atom is -0.480 e. The zero-order chi connectivity index (χ0) is 15.6. The first-order valence-electron chi connectivity index (χ1n) is 7.99. The van der Waals surface area contributed by atoms with Crippen LogP contribution in [0.5, 0.6) is 5.75 Å². The Bertz CT molecular complexity index is 664. The summed E-state index contributed by atoms with van der Waals surface area (Å²) in [5, 5.41) is 3.04. The summed E-state index contributed by atoms with van der Waals surface area (Å²) < 4.78 is 5.85. The average Bonchev–Trinajstić information content (AvgIpc) is 3.19. The fourth-order valence-corrected chi connectivity index (χ4v) is 3.92. The van der Waals surface area contributed by atoms with Gasteiger partial charge in [0, 0.05) is 44.2 Å². The summed E-state index contributed by atoms with van der Waals surface area (Å²) in [6.07, 6.45) is 3.11. The Hall–Kier alpha value is -2.08. The van der Waals surface area contributed by atoms with Crippen LogP contribution in [0.15, 0.2) is 35.8 Å². The Morgan fingerprint density at radius 2 is 2.13 bits per heavy atom. The first-order valence-corrected chi connectivity index (χ1v) is 8.87. The van der Waals surface area contributed by atoms with E-state index in [9.17, 15) is 4.79 Å². The minimum atomic E-state index is -0.362. The third-order valence-corrected chi connectivity index (χ3v) is 5.25. The highest BCUT2D eigenvalue weighted by atomic mass is 32.1. The van der Waals surface area contributed by atoms with Crippen molar-refractivity contribution in [2.24, 2.45) is 0 Å². The SMILES string of the molecule is O=C([C@@H]1Cc2ccccc2O1)N1CCCN(c2nccs2)CC1. The molecule has 1 aromatic carbocycles. The quantitative estimate of drug-likeness (QED) is 0.847. The summed E-state index contributed by atoms with van der Waals surface area (Å²) >= 11 is 1.65. The Kier molecular flexibility index (Phi) is 3.91. The second kappa shape index (κ2) is 6.20. The molecule has 1 fully saturated rings. The van der Waals surface area contributed by atoms with E-state index in [0.717, 1.165) is 49.0 Å². The maximum atomic E-state index is 12.8. The van der Waals surface area contributed by atoms with Gasteiger partial charge in [0.2, 0.25) is 0 Å². The number of nitrogens with zero attached hydrogens (tertiary/aromatic N) is 3. The minimum absolute atomic E-state index is 0.113. The van der Waals surface area contributed by atoms with Crippen LogP contribution in [0.3, 0.4) is 0 Å². The highest BCUT2D eigenvalue weighted by Crippen LogP contribution is 2.29. The van der Waals surface area contributed by atoms with Crippen LogP contribution in [0.2, 0.25) is 0 Å². The number of carbonyl (C=O) groups excluding carboxylic acids is 1. The average molecular weight is 329 g/mol. The van der Waals surface area contributed by atoms with E-state index in [1.54, 1.807) is 11.3 Å². The zero-order valence-corrected chi connectivity index (χ0v) is 13.7. The third kappa shape index (κ3) is 2.91. The molecular weight excluding hydrogens is 310 g/mol. The third-order valence-electron chi connectivity index (χ3n) is 4.42. The molecule has 1 aromatic heterocycles. The highest BCUT2D eigenvalue weighted by Gasteiger charge is 2.33. The molecule has 0 radical (unpaired) electrons. The first-order chi connectivity index (χ1) is 11.3. The molecule has 0 unspecified atom stereocenters. The molecule has 2 aliphatic rings. The molecular formula is C17H19N3O2S. The second-order valence-corrected chi connectivity index (χ2v) is 6.77. The van der Waals surface area contributed by atoms with Crippen LogP contribution >= 0.6 is 11.3 Å². The van der Waals surface area contributed by atoms with Crippen molar-refractivity contribution in [1.29, 1.82) is 0 Å². The van der Waals surface area contributed by atoms with E-state index < -0.39 is 0 Å². The number of rotatable bonds is 2. The standard InChI is InChI=1S/C17H19N3O2S/c21-16(15-12-13-4-1-2-5-14(13)22-15)19-7-3-8-20(10-9-19)17-18-6-11-23-17/h1-2,4-6,11,15H,3,7-10,12H2/t15-/m0/s1. The lowest BCUT2D eigenvalue weighted by Gasteiger charge is -2.24. The molecule has 2 aliphatic heterocycles. The summed E-state index contributed by atoms with van der Waals surface area (Å²) in [5.41, 5.74) is 1.13. The number of benzene rings is 1. The van der Waals surface area contributed by atoms with Gasteiger partial charge in [-0.15, -0.1) is 11.3 Å². The van der Waals surface area contributed by atoms with Gasteiger partial charge in [0.05, 0.1) is 0 Å². The number of thiazole rings is 1. The van der Waals surface area contributed by atoms with Gasteiger partial charge in [0.25, 0.3) is 5.91 Å². The van der Waals surface area contributed by atoms with Gasteiger partial charge < -0.3 is 14.5 Å². The molecule has 3 heterocycles. The fraction of sp³-hybridized carbons (Fsp3) is 0.412. The Morgan fingerprint density at radius 3 is 2.96 bits per heavy atom.